The molecule has 0 spiro atoms. The van der Waals surface area contributed by atoms with Gasteiger partial charge in [-0.05, 0) is 26.8 Å². The highest BCUT2D eigenvalue weighted by Gasteiger charge is 1.80. The van der Waals surface area contributed by atoms with E-state index in [-0.39, 0.29) is 0 Å². The molecule has 0 aromatic heterocycles. The quantitative estimate of drug-likeness (QED) is 0.498. The van der Waals surface area contributed by atoms with Crippen LogP contribution in [0.15, 0.2) is 29.4 Å². The summed E-state index contributed by atoms with van der Waals surface area (Å²) in [7, 11) is 0. The molecule has 9 heavy (non-hydrogen) atoms. The van der Waals surface area contributed by atoms with E-state index in [2.05, 4.69) is 18.5 Å². The molecule has 0 amide bonds. The van der Waals surface area contributed by atoms with Crippen LogP contribution in [0.3, 0.4) is 0 Å². The number of aliphatic imine (C=N–C) groups is 1. The number of rotatable bonds is 2. The monoisotopic (exact) mass is 122 g/mol. The van der Waals surface area contributed by atoms with Crippen LogP contribution < -0.4 is 0 Å². The van der Waals surface area contributed by atoms with Gasteiger partial charge in [-0.3, -0.25) is 4.99 Å². The van der Waals surface area contributed by atoms with Crippen LogP contribution >= 0.6 is 0 Å². The smallest absolute Gasteiger partial charge is 0.0369 e. The van der Waals surface area contributed by atoms with Gasteiger partial charge >= 0.3 is 0 Å². The van der Waals surface area contributed by atoms with Gasteiger partial charge in [0.25, 0.3) is 0 Å². The molecule has 1 heteroatoms. The molecule has 0 saturated heterocycles. The third-order valence-electron chi connectivity index (χ3n) is 0.944. The van der Waals surface area contributed by atoms with Crippen molar-refractivity contribution in [1.82, 2.24) is 0 Å². The molecule has 1 nitrogen and oxygen atoms in total. The zero-order chi connectivity index (χ0) is 7.28. The fraction of sp³-hybridized carbons (Fsp3) is 0.250. The van der Waals surface area contributed by atoms with Crippen molar-refractivity contribution in [1.29, 1.82) is 0 Å². The van der Waals surface area contributed by atoms with Crippen LogP contribution in [-0.4, -0.2) is 5.71 Å². The van der Waals surface area contributed by atoms with Crippen molar-refractivity contribution < 1.29 is 0 Å². The molecule has 0 aromatic carbocycles. The zero-order valence-corrected chi connectivity index (χ0v) is 6.02. The van der Waals surface area contributed by atoms with Gasteiger partial charge in [0.2, 0.25) is 0 Å². The molecule has 1 radical (unpaired) electrons. The van der Waals surface area contributed by atoms with E-state index in [9.17, 15) is 0 Å². The van der Waals surface area contributed by atoms with E-state index in [4.69, 9.17) is 0 Å². The Morgan fingerprint density at radius 3 is 2.33 bits per heavy atom. The highest BCUT2D eigenvalue weighted by molar-refractivity contribution is 5.92. The van der Waals surface area contributed by atoms with Crippen molar-refractivity contribution in [3.63, 3.8) is 0 Å². The minimum Gasteiger partial charge on any atom is -0.259 e. The fourth-order valence-electron chi connectivity index (χ4n) is 0.369. The second kappa shape index (κ2) is 4.07. The number of nitrogens with zero attached hydrogens (tertiary/aromatic N) is 1. The van der Waals surface area contributed by atoms with E-state index in [1.165, 1.54) is 0 Å². The van der Waals surface area contributed by atoms with Gasteiger partial charge in [0.05, 0.1) is 0 Å². The summed E-state index contributed by atoms with van der Waals surface area (Å²) in [6.45, 7) is 10.9. The molecule has 0 aromatic rings. The SMILES string of the molecule is [CH2]/C=C(/C)N=C(C)C=C. The Labute approximate surface area is 56.8 Å². The summed E-state index contributed by atoms with van der Waals surface area (Å²) in [6, 6.07) is 0. The van der Waals surface area contributed by atoms with Crippen molar-refractivity contribution >= 4 is 5.71 Å². The van der Waals surface area contributed by atoms with Crippen LogP contribution in [0.1, 0.15) is 13.8 Å². The lowest BCUT2D eigenvalue weighted by Crippen LogP contribution is -1.82. The van der Waals surface area contributed by atoms with Crippen LogP contribution in [0.2, 0.25) is 0 Å². The summed E-state index contributed by atoms with van der Waals surface area (Å²) < 4.78 is 0. The molecular formula is C8H12N. The standard InChI is InChI=1S/C8H12N/c1-5-7(3)9-8(4)6-2/h5-6H,1-2H2,3-4H3/b7-5-,9-8?. The Morgan fingerprint density at radius 1 is 1.44 bits per heavy atom. The van der Waals surface area contributed by atoms with Crippen molar-refractivity contribution in [2.24, 2.45) is 4.99 Å². The Bertz CT molecular complexity index is 152. The van der Waals surface area contributed by atoms with Crippen molar-refractivity contribution in [3.8, 4) is 0 Å². The first-order valence-corrected chi connectivity index (χ1v) is 2.84. The number of hydrogen-bond donors (Lipinski definition) is 0. The first-order chi connectivity index (χ1) is 4.20. The first kappa shape index (κ1) is 8.15. The van der Waals surface area contributed by atoms with E-state index >= 15 is 0 Å². The van der Waals surface area contributed by atoms with Gasteiger partial charge in [-0.1, -0.05) is 12.7 Å². The van der Waals surface area contributed by atoms with E-state index in [0.717, 1.165) is 11.4 Å². The van der Waals surface area contributed by atoms with Gasteiger partial charge < -0.3 is 0 Å². The van der Waals surface area contributed by atoms with Crippen molar-refractivity contribution in [3.05, 3.63) is 31.4 Å². The minimum absolute atomic E-state index is 0.924. The summed E-state index contributed by atoms with van der Waals surface area (Å²) in [5, 5.41) is 0. The van der Waals surface area contributed by atoms with E-state index in [1.807, 2.05) is 13.8 Å². The van der Waals surface area contributed by atoms with E-state index < -0.39 is 0 Å². The summed E-state index contributed by atoms with van der Waals surface area (Å²) in [4.78, 5) is 4.11. The topological polar surface area (TPSA) is 12.4 Å². The van der Waals surface area contributed by atoms with Crippen LogP contribution in [0.4, 0.5) is 0 Å². The van der Waals surface area contributed by atoms with Gasteiger partial charge in [-0.2, -0.15) is 0 Å². The molecule has 0 rings (SSSR count). The molecule has 0 aliphatic carbocycles. The predicted octanol–water partition coefficient (Wildman–Crippen LogP) is 2.37. The van der Waals surface area contributed by atoms with Gasteiger partial charge in [0.1, 0.15) is 0 Å². The molecular weight excluding hydrogens is 110 g/mol. The van der Waals surface area contributed by atoms with Crippen LogP contribution in [0, 0.1) is 6.92 Å². The highest BCUT2D eigenvalue weighted by Crippen LogP contribution is 1.93. The maximum Gasteiger partial charge on any atom is 0.0369 e. The second-order valence-corrected chi connectivity index (χ2v) is 1.80. The summed E-state index contributed by atoms with van der Waals surface area (Å²) in [6.07, 6.45) is 3.43. The van der Waals surface area contributed by atoms with Crippen molar-refractivity contribution in [2.45, 2.75) is 13.8 Å². The molecule has 49 valence electrons. The average Bonchev–Trinajstić information content (AvgIpc) is 1.87. The van der Waals surface area contributed by atoms with Gasteiger partial charge in [0.15, 0.2) is 0 Å². The largest absolute Gasteiger partial charge is 0.259 e. The molecule has 0 fully saturated rings. The zero-order valence-electron chi connectivity index (χ0n) is 6.02. The van der Waals surface area contributed by atoms with Crippen LogP contribution in [-0.2, 0) is 0 Å². The second-order valence-electron chi connectivity index (χ2n) is 1.80. The molecule has 0 N–H and O–H groups in total. The van der Waals surface area contributed by atoms with Crippen molar-refractivity contribution in [2.75, 3.05) is 0 Å². The lowest BCUT2D eigenvalue weighted by atomic mass is 10.4. The molecule has 0 aliphatic rings. The predicted molar refractivity (Wildman–Crippen MR) is 42.4 cm³/mol. The highest BCUT2D eigenvalue weighted by atomic mass is 14.7. The molecule has 0 aliphatic heterocycles. The lowest BCUT2D eigenvalue weighted by Gasteiger charge is -1.90. The Kier molecular flexibility index (Phi) is 3.69. The van der Waals surface area contributed by atoms with Crippen LogP contribution in [0.25, 0.3) is 0 Å². The van der Waals surface area contributed by atoms with E-state index in [0.29, 0.717) is 0 Å². The third kappa shape index (κ3) is 3.71. The fourth-order valence-corrected chi connectivity index (χ4v) is 0.369. The average molecular weight is 122 g/mol. The third-order valence-corrected chi connectivity index (χ3v) is 0.944. The summed E-state index contributed by atoms with van der Waals surface area (Å²) >= 11 is 0. The molecule has 0 heterocycles. The number of hydrogen-bond acceptors (Lipinski definition) is 1. The van der Waals surface area contributed by atoms with Crippen LogP contribution in [0.5, 0.6) is 0 Å². The van der Waals surface area contributed by atoms with Gasteiger partial charge in [0, 0.05) is 11.4 Å². The first-order valence-electron chi connectivity index (χ1n) is 2.84. The molecule has 0 unspecified atom stereocenters. The maximum atomic E-state index is 4.11. The molecule has 0 bridgehead atoms. The Morgan fingerprint density at radius 2 is 2.00 bits per heavy atom. The Hall–Kier alpha value is -0.850. The molecule has 0 saturated carbocycles. The van der Waals surface area contributed by atoms with E-state index in [1.54, 1.807) is 12.2 Å². The maximum absolute atomic E-state index is 4.11. The minimum atomic E-state index is 0.924. The number of allylic oxidation sites excluding steroid dienone is 3. The lowest BCUT2D eigenvalue weighted by molar-refractivity contribution is 1.30. The summed E-state index contributed by atoms with van der Waals surface area (Å²) in [5.74, 6) is 0. The van der Waals surface area contributed by atoms with Gasteiger partial charge in [-0.25, -0.2) is 0 Å². The molecule has 0 atom stereocenters. The van der Waals surface area contributed by atoms with Gasteiger partial charge in [-0.15, -0.1) is 0 Å². The normalized spacial score (nSPS) is 13.7. The Balaban J connectivity index is 4.11. The summed E-state index contributed by atoms with van der Waals surface area (Å²) in [5.41, 5.74) is 1.85.